The molecule has 0 radical (unpaired) electrons. The maximum Gasteiger partial charge on any atom is 0.328 e. The number of benzene rings is 2. The van der Waals surface area contributed by atoms with Gasteiger partial charge in [-0.1, -0.05) is 56.3 Å². The minimum Gasteiger partial charge on any atom is -0.464 e. The maximum absolute atomic E-state index is 13.1. The summed E-state index contributed by atoms with van der Waals surface area (Å²) in [5.74, 6) is -0.745. The van der Waals surface area contributed by atoms with E-state index in [1.165, 1.54) is 4.31 Å². The van der Waals surface area contributed by atoms with E-state index in [1.807, 2.05) is 42.5 Å². The van der Waals surface area contributed by atoms with Crippen LogP contribution in [0.4, 0.5) is 0 Å². The third-order valence-corrected chi connectivity index (χ3v) is 8.09. The minimum absolute atomic E-state index is 0.231. The molecule has 0 bridgehead atoms. The van der Waals surface area contributed by atoms with Crippen LogP contribution in [0.5, 0.6) is 0 Å². The average Bonchev–Trinajstić information content (AvgIpc) is 2.84. The van der Waals surface area contributed by atoms with E-state index < -0.39 is 22.0 Å². The van der Waals surface area contributed by atoms with Crippen molar-refractivity contribution >= 4 is 21.9 Å². The number of nitrogens with one attached hydrogen (secondary N) is 1. The van der Waals surface area contributed by atoms with Crippen LogP contribution in [0, 0.1) is 5.92 Å². The highest BCUT2D eigenvalue weighted by Gasteiger charge is 2.33. The summed E-state index contributed by atoms with van der Waals surface area (Å²) < 4.78 is 32.7. The molecule has 1 heterocycles. The predicted molar refractivity (Wildman–Crippen MR) is 131 cm³/mol. The predicted octanol–water partition coefficient (Wildman–Crippen LogP) is 3.50. The Bertz CT molecular complexity index is 1060. The van der Waals surface area contributed by atoms with Crippen molar-refractivity contribution in [2.45, 2.75) is 56.9 Å². The summed E-state index contributed by atoms with van der Waals surface area (Å²) in [6.07, 6.45) is 1.14. The Balaban J connectivity index is 1.61. The first kappa shape index (κ1) is 25.9. The number of rotatable bonds is 9. The lowest BCUT2D eigenvalue weighted by Gasteiger charge is -2.31. The van der Waals surface area contributed by atoms with Crippen molar-refractivity contribution in [2.75, 3.05) is 19.7 Å². The van der Waals surface area contributed by atoms with Crippen molar-refractivity contribution in [1.82, 2.24) is 9.62 Å². The van der Waals surface area contributed by atoms with Crippen LogP contribution in [-0.4, -0.2) is 50.3 Å². The van der Waals surface area contributed by atoms with Gasteiger partial charge in [0.25, 0.3) is 0 Å². The lowest BCUT2D eigenvalue weighted by atomic mass is 9.96. The summed E-state index contributed by atoms with van der Waals surface area (Å²) in [6.45, 7) is 6.60. The monoisotopic (exact) mass is 486 g/mol. The second-order valence-corrected chi connectivity index (χ2v) is 10.8. The average molecular weight is 487 g/mol. The van der Waals surface area contributed by atoms with Crippen LogP contribution in [0.15, 0.2) is 59.5 Å². The van der Waals surface area contributed by atoms with Gasteiger partial charge in [-0.05, 0) is 48.9 Å². The Morgan fingerprint density at radius 3 is 2.21 bits per heavy atom. The third-order valence-electron chi connectivity index (χ3n) is 6.18. The summed E-state index contributed by atoms with van der Waals surface area (Å²) in [5.41, 5.74) is 2.01. The second kappa shape index (κ2) is 11.6. The molecule has 0 aliphatic carbocycles. The van der Waals surface area contributed by atoms with E-state index in [4.69, 9.17) is 4.74 Å². The standard InChI is InChI=1S/C26H34N2O5S/c1-4-33-26(30)24(18-20-8-6-5-7-9-20)27-25(29)22-14-16-28(17-15-22)34(31,32)23-12-10-21(11-13-23)19(2)3/h5-13,19,22,24H,4,14-18H2,1-3H3,(H,27,29). The fourth-order valence-electron chi connectivity index (χ4n) is 4.11. The number of sulfonamides is 1. The van der Waals surface area contributed by atoms with Gasteiger partial charge in [-0.15, -0.1) is 0 Å². The zero-order chi connectivity index (χ0) is 24.7. The number of esters is 1. The molecule has 1 fully saturated rings. The van der Waals surface area contributed by atoms with Gasteiger partial charge in [-0.3, -0.25) is 4.79 Å². The Labute approximate surface area is 202 Å². The molecule has 7 nitrogen and oxygen atoms in total. The van der Waals surface area contributed by atoms with Gasteiger partial charge >= 0.3 is 5.97 Å². The molecule has 184 valence electrons. The Kier molecular flexibility index (Phi) is 8.85. The van der Waals surface area contributed by atoms with Crippen LogP contribution in [0.25, 0.3) is 0 Å². The molecule has 0 aromatic heterocycles. The number of hydrogen-bond donors (Lipinski definition) is 1. The van der Waals surface area contributed by atoms with Gasteiger partial charge < -0.3 is 10.1 Å². The van der Waals surface area contributed by atoms with Crippen molar-refractivity contribution in [2.24, 2.45) is 5.92 Å². The lowest BCUT2D eigenvalue weighted by molar-refractivity contribution is -0.148. The maximum atomic E-state index is 13.1. The molecule has 0 saturated carbocycles. The molecule has 1 atom stereocenters. The van der Waals surface area contributed by atoms with Crippen LogP contribution in [0.3, 0.4) is 0 Å². The van der Waals surface area contributed by atoms with E-state index in [1.54, 1.807) is 19.1 Å². The van der Waals surface area contributed by atoms with E-state index >= 15 is 0 Å². The SMILES string of the molecule is CCOC(=O)C(Cc1ccccc1)NC(=O)C1CCN(S(=O)(=O)c2ccc(C(C)C)cc2)CC1. The number of piperidine rings is 1. The molecule has 3 rings (SSSR count). The molecule has 1 aliphatic rings. The number of ether oxygens (including phenoxy) is 1. The number of hydrogen-bond acceptors (Lipinski definition) is 5. The minimum atomic E-state index is -3.61. The number of carbonyl (C=O) groups is 2. The summed E-state index contributed by atoms with van der Waals surface area (Å²) in [7, 11) is -3.61. The molecule has 1 saturated heterocycles. The van der Waals surface area contributed by atoms with Gasteiger partial charge in [-0.2, -0.15) is 4.31 Å². The largest absolute Gasteiger partial charge is 0.464 e. The summed E-state index contributed by atoms with van der Waals surface area (Å²) in [5, 5.41) is 2.84. The molecule has 0 spiro atoms. The summed E-state index contributed by atoms with van der Waals surface area (Å²) >= 11 is 0. The van der Waals surface area contributed by atoms with Crippen LogP contribution in [-0.2, 0) is 30.8 Å². The number of carbonyl (C=O) groups excluding carboxylic acids is 2. The fourth-order valence-corrected chi connectivity index (χ4v) is 5.58. The molecule has 34 heavy (non-hydrogen) atoms. The highest BCUT2D eigenvalue weighted by molar-refractivity contribution is 7.89. The van der Waals surface area contributed by atoms with E-state index in [9.17, 15) is 18.0 Å². The topological polar surface area (TPSA) is 92.8 Å². The van der Waals surface area contributed by atoms with E-state index in [2.05, 4.69) is 19.2 Å². The van der Waals surface area contributed by atoms with Gasteiger partial charge in [0.2, 0.25) is 15.9 Å². The van der Waals surface area contributed by atoms with Crippen molar-refractivity contribution in [3.63, 3.8) is 0 Å². The Morgan fingerprint density at radius 1 is 1.03 bits per heavy atom. The summed E-state index contributed by atoms with van der Waals surface area (Å²) in [6, 6.07) is 15.7. The first-order chi connectivity index (χ1) is 16.2. The molecular weight excluding hydrogens is 452 g/mol. The molecule has 1 aliphatic heterocycles. The first-order valence-corrected chi connectivity index (χ1v) is 13.3. The second-order valence-electron chi connectivity index (χ2n) is 8.91. The van der Waals surface area contributed by atoms with Crippen LogP contribution < -0.4 is 5.32 Å². The van der Waals surface area contributed by atoms with Crippen molar-refractivity contribution in [3.8, 4) is 0 Å². The molecule has 2 aromatic rings. The Hall–Kier alpha value is -2.71. The Morgan fingerprint density at radius 2 is 1.65 bits per heavy atom. The zero-order valence-corrected chi connectivity index (χ0v) is 20.9. The number of amides is 1. The summed E-state index contributed by atoms with van der Waals surface area (Å²) in [4.78, 5) is 25.7. The highest BCUT2D eigenvalue weighted by Crippen LogP contribution is 2.25. The molecule has 2 aromatic carbocycles. The molecule has 1 unspecified atom stereocenters. The molecule has 8 heteroatoms. The van der Waals surface area contributed by atoms with Crippen LogP contribution >= 0.6 is 0 Å². The zero-order valence-electron chi connectivity index (χ0n) is 20.1. The van der Waals surface area contributed by atoms with Crippen LogP contribution in [0.2, 0.25) is 0 Å². The smallest absolute Gasteiger partial charge is 0.328 e. The molecular formula is C26H34N2O5S. The van der Waals surface area contributed by atoms with Gasteiger partial charge in [0.1, 0.15) is 6.04 Å². The quantitative estimate of drug-likeness (QED) is 0.548. The van der Waals surface area contributed by atoms with Crippen molar-refractivity contribution in [1.29, 1.82) is 0 Å². The van der Waals surface area contributed by atoms with Gasteiger partial charge in [0.05, 0.1) is 11.5 Å². The first-order valence-electron chi connectivity index (χ1n) is 11.8. The molecule has 1 amide bonds. The van der Waals surface area contributed by atoms with E-state index in [-0.39, 0.29) is 36.4 Å². The third kappa shape index (κ3) is 6.45. The fraction of sp³-hybridized carbons (Fsp3) is 0.462. The van der Waals surface area contributed by atoms with E-state index in [0.29, 0.717) is 25.2 Å². The van der Waals surface area contributed by atoms with Gasteiger partial charge in [-0.25, -0.2) is 13.2 Å². The van der Waals surface area contributed by atoms with E-state index in [0.717, 1.165) is 11.1 Å². The number of nitrogens with zero attached hydrogens (tertiary/aromatic N) is 1. The van der Waals surface area contributed by atoms with Gasteiger partial charge in [0, 0.05) is 25.4 Å². The van der Waals surface area contributed by atoms with Gasteiger partial charge in [0.15, 0.2) is 0 Å². The van der Waals surface area contributed by atoms with Crippen molar-refractivity contribution < 1.29 is 22.7 Å². The van der Waals surface area contributed by atoms with Crippen LogP contribution in [0.1, 0.15) is 50.7 Å². The normalized spacial score (nSPS) is 16.2. The molecule has 1 N–H and O–H groups in total. The van der Waals surface area contributed by atoms with Crippen molar-refractivity contribution in [3.05, 3.63) is 65.7 Å². The highest BCUT2D eigenvalue weighted by atomic mass is 32.2. The lowest BCUT2D eigenvalue weighted by Crippen LogP contribution is -2.48.